The third-order valence-electron chi connectivity index (χ3n) is 2.09. The van der Waals surface area contributed by atoms with Crippen LogP contribution in [-0.4, -0.2) is 17.2 Å². The van der Waals surface area contributed by atoms with Gasteiger partial charge < -0.3 is 5.32 Å². The molecule has 2 nitrogen and oxygen atoms in total. The molecular formula is C9H10ClFN2. The van der Waals surface area contributed by atoms with Gasteiger partial charge in [0.05, 0.1) is 6.54 Å². The molecule has 0 saturated heterocycles. The predicted octanol–water partition coefficient (Wildman–Crippen LogP) is 2.65. The molecule has 1 aliphatic rings. The molecule has 1 aliphatic carbocycles. The smallest absolute Gasteiger partial charge is 0.131 e. The van der Waals surface area contributed by atoms with E-state index in [4.69, 9.17) is 11.6 Å². The molecule has 0 unspecified atom stereocenters. The number of nitrogens with zero attached hydrogens (tertiary/aromatic N) is 1. The first-order valence-electron chi connectivity index (χ1n) is 4.23. The van der Waals surface area contributed by atoms with Gasteiger partial charge in [0.15, 0.2) is 0 Å². The van der Waals surface area contributed by atoms with Crippen LogP contribution in [0.4, 0.5) is 10.2 Å². The summed E-state index contributed by atoms with van der Waals surface area (Å²) >= 11 is 5.67. The molecule has 0 spiro atoms. The average Bonchev–Trinajstić information content (AvgIpc) is 2.82. The molecule has 0 bridgehead atoms. The molecule has 0 amide bonds. The molecule has 0 atom stereocenters. The fourth-order valence-corrected chi connectivity index (χ4v) is 1.23. The maximum Gasteiger partial charge on any atom is 0.131 e. The fraction of sp³-hybridized carbons (Fsp3) is 0.444. The van der Waals surface area contributed by atoms with E-state index in [0.717, 1.165) is 0 Å². The Balaban J connectivity index is 1.94. The third kappa shape index (κ3) is 2.31. The van der Waals surface area contributed by atoms with Gasteiger partial charge in [0.1, 0.15) is 16.6 Å². The number of hydrogen-bond donors (Lipinski definition) is 1. The molecule has 0 aromatic carbocycles. The highest BCUT2D eigenvalue weighted by atomic mass is 35.5. The van der Waals surface area contributed by atoms with Crippen molar-refractivity contribution in [2.45, 2.75) is 18.5 Å². The number of halogens is 2. The average molecular weight is 201 g/mol. The largest absolute Gasteiger partial charge is 0.367 e. The van der Waals surface area contributed by atoms with Crippen molar-refractivity contribution in [3.8, 4) is 0 Å². The Bertz CT molecular complexity index is 312. The van der Waals surface area contributed by atoms with Gasteiger partial charge in [-0.15, -0.1) is 0 Å². The summed E-state index contributed by atoms with van der Waals surface area (Å²) in [5.41, 5.74) is -0.996. The van der Waals surface area contributed by atoms with Gasteiger partial charge in [-0.25, -0.2) is 9.37 Å². The van der Waals surface area contributed by atoms with Crippen molar-refractivity contribution in [3.63, 3.8) is 0 Å². The van der Waals surface area contributed by atoms with Crippen molar-refractivity contribution in [3.05, 3.63) is 23.4 Å². The van der Waals surface area contributed by atoms with Crippen molar-refractivity contribution in [1.82, 2.24) is 4.98 Å². The molecule has 1 aromatic heterocycles. The summed E-state index contributed by atoms with van der Waals surface area (Å²) in [6.07, 6.45) is 1.31. The van der Waals surface area contributed by atoms with E-state index in [1.807, 2.05) is 0 Å². The van der Waals surface area contributed by atoms with E-state index in [-0.39, 0.29) is 0 Å². The van der Waals surface area contributed by atoms with E-state index in [0.29, 0.717) is 30.4 Å². The summed E-state index contributed by atoms with van der Waals surface area (Å²) in [5.74, 6) is 0.636. The first-order valence-corrected chi connectivity index (χ1v) is 4.61. The van der Waals surface area contributed by atoms with Gasteiger partial charge >= 0.3 is 0 Å². The number of pyridine rings is 1. The molecule has 0 aliphatic heterocycles. The van der Waals surface area contributed by atoms with E-state index in [2.05, 4.69) is 10.3 Å². The number of nitrogens with one attached hydrogen (secondary N) is 1. The molecule has 1 aromatic rings. The Morgan fingerprint density at radius 2 is 2.31 bits per heavy atom. The van der Waals surface area contributed by atoms with Crippen molar-refractivity contribution in [2.24, 2.45) is 0 Å². The van der Waals surface area contributed by atoms with Crippen LogP contribution in [0.3, 0.4) is 0 Å². The normalized spacial score (nSPS) is 18.3. The quantitative estimate of drug-likeness (QED) is 0.759. The van der Waals surface area contributed by atoms with Gasteiger partial charge in [-0.05, 0) is 25.0 Å². The van der Waals surface area contributed by atoms with Crippen molar-refractivity contribution < 1.29 is 4.39 Å². The number of aromatic nitrogens is 1. The number of anilines is 1. The van der Waals surface area contributed by atoms with Crippen LogP contribution in [0.5, 0.6) is 0 Å². The van der Waals surface area contributed by atoms with E-state index < -0.39 is 5.67 Å². The van der Waals surface area contributed by atoms with Crippen LogP contribution in [0.2, 0.25) is 5.15 Å². The minimum Gasteiger partial charge on any atom is -0.367 e. The van der Waals surface area contributed by atoms with Gasteiger partial charge in [-0.3, -0.25) is 0 Å². The molecule has 1 N–H and O–H groups in total. The highest BCUT2D eigenvalue weighted by Gasteiger charge is 2.42. The molecule has 70 valence electrons. The van der Waals surface area contributed by atoms with Gasteiger partial charge in [0.25, 0.3) is 0 Å². The summed E-state index contributed by atoms with van der Waals surface area (Å²) in [4.78, 5) is 3.99. The van der Waals surface area contributed by atoms with Crippen LogP contribution in [0, 0.1) is 0 Å². The highest BCUT2D eigenvalue weighted by molar-refractivity contribution is 6.29. The highest BCUT2D eigenvalue weighted by Crippen LogP contribution is 2.39. The van der Waals surface area contributed by atoms with E-state index in [1.54, 1.807) is 18.2 Å². The third-order valence-corrected chi connectivity index (χ3v) is 2.30. The molecule has 0 radical (unpaired) electrons. The van der Waals surface area contributed by atoms with Crippen LogP contribution in [0.25, 0.3) is 0 Å². The number of rotatable bonds is 3. The van der Waals surface area contributed by atoms with Crippen LogP contribution >= 0.6 is 11.6 Å². The lowest BCUT2D eigenvalue weighted by molar-refractivity contribution is 0.326. The molecule has 1 heterocycles. The van der Waals surface area contributed by atoms with E-state index >= 15 is 0 Å². The standard InChI is InChI=1S/C9H10ClFN2/c10-7-2-1-3-8(13-7)12-6-9(11)4-5-9/h1-3H,4-6H2,(H,12,13). The monoisotopic (exact) mass is 200 g/mol. The van der Waals surface area contributed by atoms with Gasteiger partial charge in [-0.2, -0.15) is 0 Å². The zero-order chi connectivity index (χ0) is 9.31. The zero-order valence-corrected chi connectivity index (χ0v) is 7.81. The zero-order valence-electron chi connectivity index (χ0n) is 7.06. The molecule has 1 fully saturated rings. The van der Waals surface area contributed by atoms with Gasteiger partial charge in [0.2, 0.25) is 0 Å². The summed E-state index contributed by atoms with van der Waals surface area (Å²) < 4.78 is 13.2. The van der Waals surface area contributed by atoms with Crippen molar-refractivity contribution in [1.29, 1.82) is 0 Å². The summed E-state index contributed by atoms with van der Waals surface area (Å²) in [5, 5.41) is 3.34. The maximum absolute atomic E-state index is 13.2. The lowest BCUT2D eigenvalue weighted by atomic mass is 10.3. The Morgan fingerprint density at radius 1 is 1.54 bits per heavy atom. The summed E-state index contributed by atoms with van der Waals surface area (Å²) in [6.45, 7) is 0.334. The minimum absolute atomic E-state index is 0.334. The first-order chi connectivity index (χ1) is 6.18. The van der Waals surface area contributed by atoms with Gasteiger partial charge in [-0.1, -0.05) is 17.7 Å². The second kappa shape index (κ2) is 3.14. The summed E-state index contributed by atoms with van der Waals surface area (Å²) in [6, 6.07) is 5.25. The lowest BCUT2D eigenvalue weighted by Gasteiger charge is -2.07. The number of alkyl halides is 1. The topological polar surface area (TPSA) is 24.9 Å². The predicted molar refractivity (Wildman–Crippen MR) is 50.8 cm³/mol. The van der Waals surface area contributed by atoms with Crippen LogP contribution < -0.4 is 5.32 Å². The van der Waals surface area contributed by atoms with Crippen molar-refractivity contribution >= 4 is 17.4 Å². The second-order valence-electron chi connectivity index (χ2n) is 3.35. The Kier molecular flexibility index (Phi) is 2.12. The molecule has 2 rings (SSSR count). The van der Waals surface area contributed by atoms with Crippen LogP contribution in [-0.2, 0) is 0 Å². The first kappa shape index (κ1) is 8.75. The minimum atomic E-state index is -0.996. The van der Waals surface area contributed by atoms with Crippen LogP contribution in [0.1, 0.15) is 12.8 Å². The van der Waals surface area contributed by atoms with E-state index in [9.17, 15) is 4.39 Å². The number of hydrogen-bond acceptors (Lipinski definition) is 2. The Hall–Kier alpha value is -0.830. The fourth-order valence-electron chi connectivity index (χ4n) is 1.07. The molecule has 1 saturated carbocycles. The molecular weight excluding hydrogens is 191 g/mol. The maximum atomic E-state index is 13.2. The Labute approximate surface area is 81.1 Å². The summed E-state index contributed by atoms with van der Waals surface area (Å²) in [7, 11) is 0. The molecule has 4 heteroatoms. The lowest BCUT2D eigenvalue weighted by Crippen LogP contribution is -2.16. The van der Waals surface area contributed by atoms with Crippen molar-refractivity contribution in [2.75, 3.05) is 11.9 Å². The molecule has 13 heavy (non-hydrogen) atoms. The van der Waals surface area contributed by atoms with Gasteiger partial charge in [0, 0.05) is 0 Å². The SMILES string of the molecule is FC1(CNc2cccc(Cl)n2)CC1. The van der Waals surface area contributed by atoms with Crippen LogP contribution in [0.15, 0.2) is 18.2 Å². The second-order valence-corrected chi connectivity index (χ2v) is 3.74. The Morgan fingerprint density at radius 3 is 2.92 bits per heavy atom. The van der Waals surface area contributed by atoms with E-state index in [1.165, 1.54) is 0 Å².